The maximum Gasteiger partial charge on any atom is 0.252 e. The summed E-state index contributed by atoms with van der Waals surface area (Å²) in [7, 11) is 0. The third-order valence-electron chi connectivity index (χ3n) is 4.47. The minimum atomic E-state index is -0.469. The van der Waals surface area contributed by atoms with E-state index in [9.17, 15) is 9.18 Å². The Morgan fingerprint density at radius 2 is 1.93 bits per heavy atom. The number of nitrogens with one attached hydrogen (secondary N) is 1. The number of hydrogen-bond acceptors (Lipinski definition) is 2. The molecule has 0 spiro atoms. The van der Waals surface area contributed by atoms with Gasteiger partial charge in [0.15, 0.2) is 0 Å². The quantitative estimate of drug-likeness (QED) is 0.624. The van der Waals surface area contributed by atoms with Gasteiger partial charge in [-0.15, -0.1) is 0 Å². The van der Waals surface area contributed by atoms with E-state index >= 15 is 0 Å². The molecule has 5 heteroatoms. The lowest BCUT2D eigenvalue weighted by Gasteiger charge is -2.16. The Labute approximate surface area is 163 Å². The molecule has 0 radical (unpaired) electrons. The number of rotatable bonds is 5. The Morgan fingerprint density at radius 1 is 1.19 bits per heavy atom. The van der Waals surface area contributed by atoms with Gasteiger partial charge in [-0.2, -0.15) is 0 Å². The van der Waals surface area contributed by atoms with Gasteiger partial charge in [-0.1, -0.05) is 48.9 Å². The van der Waals surface area contributed by atoms with Crippen LogP contribution in [0.2, 0.25) is 5.02 Å². The number of aromatic nitrogens is 1. The molecule has 1 unspecified atom stereocenters. The van der Waals surface area contributed by atoms with Crippen LogP contribution >= 0.6 is 11.6 Å². The van der Waals surface area contributed by atoms with Gasteiger partial charge in [0.2, 0.25) is 0 Å². The van der Waals surface area contributed by atoms with E-state index in [0.717, 1.165) is 11.1 Å². The van der Waals surface area contributed by atoms with E-state index in [-0.39, 0.29) is 11.9 Å². The summed E-state index contributed by atoms with van der Waals surface area (Å²) < 4.78 is 14.3. The van der Waals surface area contributed by atoms with Gasteiger partial charge in [-0.05, 0) is 48.7 Å². The second-order valence-corrected chi connectivity index (χ2v) is 6.75. The largest absolute Gasteiger partial charge is 0.346 e. The molecule has 3 nitrogen and oxygen atoms in total. The van der Waals surface area contributed by atoms with Crippen LogP contribution in [0.15, 0.2) is 60.8 Å². The standard InChI is InChI=1S/C22H20ClFN2O/c1-3-15-13-25-21(18-10-9-17(23)11-20(18)24)12-19(15)22(27)26-14(2)16-7-5-4-6-8-16/h4-14H,3H2,1-2H3,(H,26,27). The predicted molar refractivity (Wildman–Crippen MR) is 106 cm³/mol. The molecule has 3 rings (SSSR count). The van der Waals surface area contributed by atoms with Crippen molar-refractivity contribution in [3.63, 3.8) is 0 Å². The van der Waals surface area contributed by atoms with Crippen LogP contribution in [0.1, 0.15) is 41.4 Å². The molecule has 2 aromatic carbocycles. The molecule has 1 amide bonds. The van der Waals surface area contributed by atoms with Gasteiger partial charge in [0.05, 0.1) is 11.7 Å². The van der Waals surface area contributed by atoms with Gasteiger partial charge >= 0.3 is 0 Å². The van der Waals surface area contributed by atoms with Crippen molar-refractivity contribution < 1.29 is 9.18 Å². The first-order valence-corrected chi connectivity index (χ1v) is 9.17. The number of nitrogens with zero attached hydrogens (tertiary/aromatic N) is 1. The van der Waals surface area contributed by atoms with Crippen molar-refractivity contribution in [2.75, 3.05) is 0 Å². The molecule has 1 atom stereocenters. The lowest BCUT2D eigenvalue weighted by atomic mass is 10.0. The van der Waals surface area contributed by atoms with Crippen LogP contribution in [0.25, 0.3) is 11.3 Å². The lowest BCUT2D eigenvalue weighted by molar-refractivity contribution is 0.0939. The maximum atomic E-state index is 14.3. The van der Waals surface area contributed by atoms with E-state index in [1.165, 1.54) is 6.07 Å². The highest BCUT2D eigenvalue weighted by Gasteiger charge is 2.17. The molecule has 0 aliphatic heterocycles. The van der Waals surface area contributed by atoms with E-state index in [4.69, 9.17) is 11.6 Å². The van der Waals surface area contributed by atoms with E-state index in [1.807, 2.05) is 44.2 Å². The number of carbonyl (C=O) groups is 1. The Kier molecular flexibility index (Phi) is 5.87. The second kappa shape index (κ2) is 8.31. The Bertz CT molecular complexity index is 960. The van der Waals surface area contributed by atoms with Crippen molar-refractivity contribution in [1.82, 2.24) is 10.3 Å². The van der Waals surface area contributed by atoms with Gasteiger partial charge in [0, 0.05) is 22.3 Å². The molecular weight excluding hydrogens is 363 g/mol. The molecule has 0 saturated carbocycles. The van der Waals surface area contributed by atoms with E-state index < -0.39 is 5.82 Å². The van der Waals surface area contributed by atoms with Gasteiger partial charge in [-0.25, -0.2) is 4.39 Å². The first kappa shape index (κ1) is 19.1. The van der Waals surface area contributed by atoms with Gasteiger partial charge in [0.25, 0.3) is 5.91 Å². The summed E-state index contributed by atoms with van der Waals surface area (Å²) in [6.07, 6.45) is 2.28. The number of halogens is 2. The zero-order valence-electron chi connectivity index (χ0n) is 15.2. The average Bonchev–Trinajstić information content (AvgIpc) is 2.68. The highest BCUT2D eigenvalue weighted by atomic mass is 35.5. The van der Waals surface area contributed by atoms with Crippen LogP contribution in [0, 0.1) is 5.82 Å². The van der Waals surface area contributed by atoms with Crippen molar-refractivity contribution in [3.05, 3.63) is 88.3 Å². The van der Waals surface area contributed by atoms with E-state index in [1.54, 1.807) is 24.4 Å². The first-order valence-electron chi connectivity index (χ1n) is 8.79. The fraction of sp³-hybridized carbons (Fsp3) is 0.182. The number of aryl methyl sites for hydroxylation is 1. The van der Waals surface area contributed by atoms with Gasteiger partial charge in [0.1, 0.15) is 5.82 Å². The van der Waals surface area contributed by atoms with Crippen molar-refractivity contribution in [2.24, 2.45) is 0 Å². The first-order chi connectivity index (χ1) is 13.0. The van der Waals surface area contributed by atoms with Crippen LogP contribution < -0.4 is 5.32 Å². The van der Waals surface area contributed by atoms with E-state index in [2.05, 4.69) is 10.3 Å². The molecule has 1 N–H and O–H groups in total. The summed E-state index contributed by atoms with van der Waals surface area (Å²) in [4.78, 5) is 17.2. The van der Waals surface area contributed by atoms with Crippen LogP contribution in [-0.4, -0.2) is 10.9 Å². The SMILES string of the molecule is CCc1cnc(-c2ccc(Cl)cc2F)cc1C(=O)NC(C)c1ccccc1. The molecule has 0 saturated heterocycles. The highest BCUT2D eigenvalue weighted by molar-refractivity contribution is 6.30. The Hall–Kier alpha value is -2.72. The molecule has 0 aliphatic rings. The van der Waals surface area contributed by atoms with E-state index in [0.29, 0.717) is 28.3 Å². The zero-order chi connectivity index (χ0) is 19.4. The molecule has 27 heavy (non-hydrogen) atoms. The van der Waals surface area contributed by atoms with Crippen LogP contribution in [0.4, 0.5) is 4.39 Å². The topological polar surface area (TPSA) is 42.0 Å². The molecule has 138 valence electrons. The number of benzene rings is 2. The summed E-state index contributed by atoms with van der Waals surface area (Å²) >= 11 is 5.82. The summed E-state index contributed by atoms with van der Waals surface area (Å²) in [6, 6.07) is 15.6. The van der Waals surface area contributed by atoms with Crippen molar-refractivity contribution in [2.45, 2.75) is 26.3 Å². The predicted octanol–water partition coefficient (Wildman–Crippen LogP) is 5.59. The zero-order valence-corrected chi connectivity index (χ0v) is 15.9. The average molecular weight is 383 g/mol. The molecule has 1 heterocycles. The van der Waals surface area contributed by atoms with Crippen molar-refractivity contribution in [1.29, 1.82) is 0 Å². The summed E-state index contributed by atoms with van der Waals surface area (Å²) in [5.74, 6) is -0.676. The summed E-state index contributed by atoms with van der Waals surface area (Å²) in [5, 5.41) is 3.32. The summed E-state index contributed by atoms with van der Waals surface area (Å²) in [6.45, 7) is 3.89. The molecular formula is C22H20ClFN2O. The van der Waals surface area contributed by atoms with Crippen molar-refractivity contribution >= 4 is 17.5 Å². The number of pyridine rings is 1. The number of amides is 1. The maximum absolute atomic E-state index is 14.3. The van der Waals surface area contributed by atoms with Crippen LogP contribution in [-0.2, 0) is 6.42 Å². The fourth-order valence-electron chi connectivity index (χ4n) is 2.92. The minimum absolute atomic E-state index is 0.146. The van der Waals surface area contributed by atoms with Crippen LogP contribution in [0.5, 0.6) is 0 Å². The fourth-order valence-corrected chi connectivity index (χ4v) is 3.08. The third-order valence-corrected chi connectivity index (χ3v) is 4.70. The molecule has 1 aromatic heterocycles. The Balaban J connectivity index is 1.92. The van der Waals surface area contributed by atoms with Crippen LogP contribution in [0.3, 0.4) is 0 Å². The number of carbonyl (C=O) groups excluding carboxylic acids is 1. The highest BCUT2D eigenvalue weighted by Crippen LogP contribution is 2.26. The third kappa shape index (κ3) is 4.34. The normalized spacial score (nSPS) is 11.9. The number of hydrogen-bond donors (Lipinski definition) is 1. The Morgan fingerprint density at radius 3 is 2.59 bits per heavy atom. The molecule has 3 aromatic rings. The minimum Gasteiger partial charge on any atom is -0.346 e. The van der Waals surface area contributed by atoms with Gasteiger partial charge in [-0.3, -0.25) is 9.78 Å². The lowest BCUT2D eigenvalue weighted by Crippen LogP contribution is -2.27. The summed E-state index contributed by atoms with van der Waals surface area (Å²) in [5.41, 5.74) is 3.04. The second-order valence-electron chi connectivity index (χ2n) is 6.31. The molecule has 0 fully saturated rings. The molecule has 0 bridgehead atoms. The molecule has 0 aliphatic carbocycles. The van der Waals surface area contributed by atoms with Gasteiger partial charge < -0.3 is 5.32 Å². The smallest absolute Gasteiger partial charge is 0.252 e. The van der Waals surface area contributed by atoms with Crippen molar-refractivity contribution in [3.8, 4) is 11.3 Å². The monoisotopic (exact) mass is 382 g/mol.